The van der Waals surface area contributed by atoms with Crippen LogP contribution in [0.2, 0.25) is 0 Å². The molecule has 4 N–H and O–H groups in total. The highest BCUT2D eigenvalue weighted by molar-refractivity contribution is 6.27. The van der Waals surface area contributed by atoms with E-state index in [-0.39, 0.29) is 24.6 Å². The molecule has 1 aliphatic rings. The fourth-order valence-corrected chi connectivity index (χ4v) is 3.64. The number of aromatic amines is 1. The number of ether oxygens (including phenoxy) is 2. The predicted octanol–water partition coefficient (Wildman–Crippen LogP) is 2.05. The molecule has 0 spiro atoms. The Kier molecular flexibility index (Phi) is 4.85. The number of rotatable bonds is 6. The van der Waals surface area contributed by atoms with Gasteiger partial charge in [0.25, 0.3) is 0 Å². The molecular weight excluding hydrogens is 372 g/mol. The van der Waals surface area contributed by atoms with Crippen molar-refractivity contribution in [2.75, 3.05) is 25.7 Å². The van der Waals surface area contributed by atoms with Gasteiger partial charge in [0.2, 0.25) is 0 Å². The Hall–Kier alpha value is -3.52. The maximum Gasteiger partial charge on any atom is 0.193 e. The molecular formula is C21H22N4O4. The minimum absolute atomic E-state index is 0.158. The van der Waals surface area contributed by atoms with Crippen molar-refractivity contribution in [3.63, 3.8) is 0 Å². The largest absolute Gasteiger partial charge is 0.497 e. The van der Waals surface area contributed by atoms with Crippen molar-refractivity contribution in [3.05, 3.63) is 54.1 Å². The molecule has 8 heteroatoms. The number of aliphatic hydroxyl groups excluding tert-OH is 1. The Balaban J connectivity index is 1.86. The molecule has 150 valence electrons. The highest BCUT2D eigenvalue weighted by Crippen LogP contribution is 2.38. The maximum atomic E-state index is 13.3. The van der Waals surface area contributed by atoms with Gasteiger partial charge in [0.15, 0.2) is 5.78 Å². The number of benzene rings is 2. The van der Waals surface area contributed by atoms with Crippen LogP contribution in [0, 0.1) is 0 Å². The number of aromatic nitrogens is 2. The van der Waals surface area contributed by atoms with Crippen molar-refractivity contribution < 1.29 is 19.4 Å². The number of H-pyrrole nitrogens is 1. The molecule has 1 atom stereocenters. The smallest absolute Gasteiger partial charge is 0.193 e. The van der Waals surface area contributed by atoms with Crippen LogP contribution in [0.5, 0.6) is 11.5 Å². The van der Waals surface area contributed by atoms with Crippen LogP contribution in [0.1, 0.15) is 12.2 Å². The van der Waals surface area contributed by atoms with Gasteiger partial charge in [0.05, 0.1) is 30.9 Å². The van der Waals surface area contributed by atoms with E-state index >= 15 is 0 Å². The first kappa shape index (κ1) is 18.8. The van der Waals surface area contributed by atoms with Crippen molar-refractivity contribution in [2.45, 2.75) is 12.5 Å². The van der Waals surface area contributed by atoms with Gasteiger partial charge in [-0.3, -0.25) is 4.79 Å². The minimum Gasteiger partial charge on any atom is -0.497 e. The van der Waals surface area contributed by atoms with E-state index in [4.69, 9.17) is 15.2 Å². The molecule has 1 aliphatic heterocycles. The summed E-state index contributed by atoms with van der Waals surface area (Å²) >= 11 is 0. The zero-order valence-electron chi connectivity index (χ0n) is 16.2. The van der Waals surface area contributed by atoms with Gasteiger partial charge >= 0.3 is 0 Å². The van der Waals surface area contributed by atoms with Gasteiger partial charge in [-0.1, -0.05) is 12.1 Å². The van der Waals surface area contributed by atoms with Crippen LogP contribution >= 0.6 is 0 Å². The first-order valence-electron chi connectivity index (χ1n) is 9.19. The van der Waals surface area contributed by atoms with Crippen molar-refractivity contribution in [1.82, 2.24) is 9.97 Å². The first-order chi connectivity index (χ1) is 14.1. The summed E-state index contributed by atoms with van der Waals surface area (Å²) in [5.41, 5.74) is 8.97. The lowest BCUT2D eigenvalue weighted by molar-refractivity contribution is -0.114. The van der Waals surface area contributed by atoms with Gasteiger partial charge < -0.3 is 30.2 Å². The first-order valence-corrected chi connectivity index (χ1v) is 9.19. The SMILES string of the molecule is COc1cc(OC)cc(N2C(N)=C(c3nc4ccccc4[nH]3)C(=O)C2CCO)c1. The van der Waals surface area contributed by atoms with Gasteiger partial charge in [-0.05, 0) is 18.6 Å². The summed E-state index contributed by atoms with van der Waals surface area (Å²) in [6.07, 6.45) is 0.225. The number of carbonyl (C=O) groups is 1. The van der Waals surface area contributed by atoms with Crippen molar-refractivity contribution in [1.29, 1.82) is 0 Å². The molecule has 3 aromatic rings. The molecule has 8 nitrogen and oxygen atoms in total. The van der Waals surface area contributed by atoms with Crippen molar-refractivity contribution in [2.24, 2.45) is 5.73 Å². The third kappa shape index (κ3) is 3.17. The summed E-state index contributed by atoms with van der Waals surface area (Å²) in [5.74, 6) is 1.62. The number of fused-ring (bicyclic) bond motifs is 1. The minimum atomic E-state index is -0.653. The van der Waals surface area contributed by atoms with Gasteiger partial charge in [-0.25, -0.2) is 4.98 Å². The molecule has 0 amide bonds. The zero-order valence-corrected chi connectivity index (χ0v) is 16.2. The number of para-hydroxylation sites is 2. The molecule has 1 unspecified atom stereocenters. The van der Waals surface area contributed by atoms with Crippen LogP contribution in [0.3, 0.4) is 0 Å². The zero-order chi connectivity index (χ0) is 20.5. The number of ketones is 1. The molecule has 0 aliphatic carbocycles. The lowest BCUT2D eigenvalue weighted by Crippen LogP contribution is -2.37. The van der Waals surface area contributed by atoms with E-state index in [2.05, 4.69) is 9.97 Å². The summed E-state index contributed by atoms with van der Waals surface area (Å²) in [4.78, 5) is 22.7. The topological polar surface area (TPSA) is 114 Å². The molecule has 0 saturated carbocycles. The number of methoxy groups -OCH3 is 2. The van der Waals surface area contributed by atoms with E-state index in [9.17, 15) is 9.90 Å². The molecule has 4 rings (SSSR count). The van der Waals surface area contributed by atoms with Gasteiger partial charge in [0.1, 0.15) is 34.8 Å². The normalized spacial score (nSPS) is 16.7. The van der Waals surface area contributed by atoms with Crippen LogP contribution in [0.4, 0.5) is 5.69 Å². The van der Waals surface area contributed by atoms with Crippen LogP contribution in [-0.4, -0.2) is 47.7 Å². The van der Waals surface area contributed by atoms with Crippen LogP contribution < -0.4 is 20.1 Å². The molecule has 29 heavy (non-hydrogen) atoms. The van der Waals surface area contributed by atoms with Crippen LogP contribution in [0.25, 0.3) is 16.6 Å². The Labute approximate surface area is 167 Å². The van der Waals surface area contributed by atoms with E-state index in [0.717, 1.165) is 11.0 Å². The molecule has 0 radical (unpaired) electrons. The molecule has 0 bridgehead atoms. The van der Waals surface area contributed by atoms with Crippen molar-refractivity contribution in [3.8, 4) is 11.5 Å². The second-order valence-corrected chi connectivity index (χ2v) is 6.70. The Morgan fingerprint density at radius 2 is 1.86 bits per heavy atom. The monoisotopic (exact) mass is 394 g/mol. The molecule has 2 aromatic carbocycles. The number of anilines is 1. The molecule has 2 heterocycles. The third-order valence-electron chi connectivity index (χ3n) is 5.02. The van der Waals surface area contributed by atoms with E-state index in [1.165, 1.54) is 0 Å². The summed E-state index contributed by atoms with van der Waals surface area (Å²) in [5, 5.41) is 9.56. The molecule has 0 saturated heterocycles. The van der Waals surface area contributed by atoms with Crippen LogP contribution in [-0.2, 0) is 4.79 Å². The molecule has 1 aromatic heterocycles. The number of aliphatic hydroxyl groups is 1. The number of hydrogen-bond acceptors (Lipinski definition) is 7. The number of imidazole rings is 1. The Morgan fingerprint density at radius 1 is 1.17 bits per heavy atom. The quantitative estimate of drug-likeness (QED) is 0.586. The fourth-order valence-electron chi connectivity index (χ4n) is 3.64. The predicted molar refractivity (Wildman–Crippen MR) is 110 cm³/mol. The third-order valence-corrected chi connectivity index (χ3v) is 5.02. The van der Waals surface area contributed by atoms with Gasteiger partial charge in [0, 0.05) is 24.8 Å². The fraction of sp³-hybridized carbons (Fsp3) is 0.238. The number of nitrogens with one attached hydrogen (secondary N) is 1. The number of nitrogens with two attached hydrogens (primary N) is 1. The van der Waals surface area contributed by atoms with E-state index in [1.807, 2.05) is 24.3 Å². The second-order valence-electron chi connectivity index (χ2n) is 6.70. The van der Waals surface area contributed by atoms with Crippen LogP contribution in [0.15, 0.2) is 48.3 Å². The average Bonchev–Trinajstić information content (AvgIpc) is 3.26. The summed E-state index contributed by atoms with van der Waals surface area (Å²) < 4.78 is 10.7. The van der Waals surface area contributed by atoms with Crippen molar-refractivity contribution >= 4 is 28.1 Å². The lowest BCUT2D eigenvalue weighted by Gasteiger charge is -2.27. The maximum absolute atomic E-state index is 13.3. The highest BCUT2D eigenvalue weighted by Gasteiger charge is 2.41. The number of Topliss-reactive ketones (excluding diaryl/α,β-unsaturated/α-hetero) is 1. The van der Waals surface area contributed by atoms with E-state index in [1.54, 1.807) is 37.3 Å². The average molecular weight is 394 g/mol. The standard InChI is InChI=1S/C21H22N4O4/c1-28-13-9-12(10-14(11-13)29-2)25-17(7-8-26)19(27)18(20(25)22)21-23-15-5-3-4-6-16(15)24-21/h3-6,9-11,17,26H,7-8,22H2,1-2H3,(H,23,24). The highest BCUT2D eigenvalue weighted by atomic mass is 16.5. The summed E-state index contributed by atoms with van der Waals surface area (Å²) in [6.45, 7) is -0.158. The summed E-state index contributed by atoms with van der Waals surface area (Å²) in [6, 6.07) is 12.2. The van der Waals surface area contributed by atoms with Gasteiger partial charge in [-0.15, -0.1) is 0 Å². The number of hydrogen-bond donors (Lipinski definition) is 3. The number of carbonyl (C=O) groups excluding carboxylic acids is 1. The summed E-state index contributed by atoms with van der Waals surface area (Å²) in [7, 11) is 3.11. The van der Waals surface area contributed by atoms with E-state index < -0.39 is 6.04 Å². The number of nitrogens with zero attached hydrogens (tertiary/aromatic N) is 2. The van der Waals surface area contributed by atoms with E-state index in [0.29, 0.717) is 28.6 Å². The Morgan fingerprint density at radius 3 is 2.48 bits per heavy atom. The Bertz CT molecular complexity index is 1050. The molecule has 0 fully saturated rings. The second kappa shape index (κ2) is 7.48. The lowest BCUT2D eigenvalue weighted by atomic mass is 10.1. The van der Waals surface area contributed by atoms with Gasteiger partial charge in [-0.2, -0.15) is 0 Å².